The second kappa shape index (κ2) is 3.69. The Hall–Kier alpha value is -1.17. The summed E-state index contributed by atoms with van der Waals surface area (Å²) in [5.41, 5.74) is 0. The van der Waals surface area contributed by atoms with Crippen LogP contribution in [0.25, 0.3) is 0 Å². The van der Waals surface area contributed by atoms with Crippen LogP contribution in [0.4, 0.5) is 0 Å². The van der Waals surface area contributed by atoms with Crippen LogP contribution in [0.5, 0.6) is 0 Å². The van der Waals surface area contributed by atoms with Crippen molar-refractivity contribution in [3.05, 3.63) is 0 Å². The number of carbonyl (C=O) groups excluding carboxylic acids is 1. The Morgan fingerprint density at radius 2 is 2.38 bits per heavy atom. The third-order valence-corrected chi connectivity index (χ3v) is 2.11. The maximum Gasteiger partial charge on any atom is 0.305 e. The maximum absolute atomic E-state index is 11.3. The van der Waals surface area contributed by atoms with Crippen molar-refractivity contribution in [3.8, 4) is 0 Å². The molecular formula is C7H10N2O3S. The molecule has 1 heterocycles. The number of aliphatic carboxylic acids is 1. The summed E-state index contributed by atoms with van der Waals surface area (Å²) in [4.78, 5) is 22.8. The largest absolute Gasteiger partial charge is 0.481 e. The van der Waals surface area contributed by atoms with Gasteiger partial charge in [0.15, 0.2) is 5.11 Å². The van der Waals surface area contributed by atoms with E-state index in [2.05, 4.69) is 5.32 Å². The standard InChI is InChI=1S/C7H10N2O3S/c1-4-6(12)9(7(13)8-4)3-2-5(10)11/h4H,2-3H2,1H3,(H,8,13)(H,10,11). The van der Waals surface area contributed by atoms with Crippen LogP contribution in [0.3, 0.4) is 0 Å². The van der Waals surface area contributed by atoms with Crippen LogP contribution in [-0.2, 0) is 9.59 Å². The van der Waals surface area contributed by atoms with Gasteiger partial charge < -0.3 is 10.4 Å². The Labute approximate surface area is 80.7 Å². The van der Waals surface area contributed by atoms with Crippen molar-refractivity contribution in [3.63, 3.8) is 0 Å². The van der Waals surface area contributed by atoms with Gasteiger partial charge in [0.2, 0.25) is 0 Å². The molecule has 0 saturated carbocycles. The molecule has 0 bridgehead atoms. The molecule has 0 aromatic heterocycles. The quantitative estimate of drug-likeness (QED) is 0.607. The molecular weight excluding hydrogens is 192 g/mol. The molecule has 0 aromatic rings. The molecule has 1 fully saturated rings. The Morgan fingerprint density at radius 3 is 2.77 bits per heavy atom. The monoisotopic (exact) mass is 202 g/mol. The van der Waals surface area contributed by atoms with Gasteiger partial charge in [-0.1, -0.05) is 0 Å². The van der Waals surface area contributed by atoms with E-state index >= 15 is 0 Å². The zero-order valence-electron chi connectivity index (χ0n) is 7.11. The molecule has 1 unspecified atom stereocenters. The van der Waals surface area contributed by atoms with E-state index in [1.165, 1.54) is 4.90 Å². The zero-order chi connectivity index (χ0) is 10.0. The molecule has 0 radical (unpaired) electrons. The van der Waals surface area contributed by atoms with Crippen LogP contribution in [0, 0.1) is 0 Å². The van der Waals surface area contributed by atoms with Gasteiger partial charge in [-0.3, -0.25) is 14.5 Å². The lowest BCUT2D eigenvalue weighted by molar-refractivity contribution is -0.137. The van der Waals surface area contributed by atoms with Gasteiger partial charge in [0.05, 0.1) is 6.42 Å². The Balaban J connectivity index is 2.54. The molecule has 6 heteroatoms. The van der Waals surface area contributed by atoms with Gasteiger partial charge >= 0.3 is 5.97 Å². The van der Waals surface area contributed by atoms with Crippen molar-refractivity contribution in [2.45, 2.75) is 19.4 Å². The van der Waals surface area contributed by atoms with Gasteiger partial charge in [-0.2, -0.15) is 0 Å². The van der Waals surface area contributed by atoms with Gasteiger partial charge in [0.25, 0.3) is 5.91 Å². The fourth-order valence-corrected chi connectivity index (χ4v) is 1.44. The molecule has 5 nitrogen and oxygen atoms in total. The summed E-state index contributed by atoms with van der Waals surface area (Å²) < 4.78 is 0. The molecule has 72 valence electrons. The molecule has 1 aliphatic rings. The van der Waals surface area contributed by atoms with Crippen LogP contribution in [0.1, 0.15) is 13.3 Å². The van der Waals surface area contributed by atoms with E-state index in [0.29, 0.717) is 5.11 Å². The highest BCUT2D eigenvalue weighted by Gasteiger charge is 2.31. The number of carbonyl (C=O) groups is 2. The normalized spacial score (nSPS) is 21.9. The lowest BCUT2D eigenvalue weighted by Crippen LogP contribution is -2.32. The van der Waals surface area contributed by atoms with Gasteiger partial charge in [-0.15, -0.1) is 0 Å². The van der Waals surface area contributed by atoms with E-state index in [1.807, 2.05) is 0 Å². The summed E-state index contributed by atoms with van der Waals surface area (Å²) in [6.45, 7) is 1.83. The summed E-state index contributed by atoms with van der Waals surface area (Å²) in [5, 5.41) is 11.5. The summed E-state index contributed by atoms with van der Waals surface area (Å²) >= 11 is 4.85. The number of hydrogen-bond donors (Lipinski definition) is 2. The van der Waals surface area contributed by atoms with Crippen molar-refractivity contribution in [2.75, 3.05) is 6.54 Å². The van der Waals surface area contributed by atoms with Crippen molar-refractivity contribution in [1.29, 1.82) is 0 Å². The predicted molar refractivity (Wildman–Crippen MR) is 49.2 cm³/mol. The van der Waals surface area contributed by atoms with Gasteiger partial charge in [0.1, 0.15) is 6.04 Å². The van der Waals surface area contributed by atoms with Gasteiger partial charge in [-0.25, -0.2) is 0 Å². The second-order valence-corrected chi connectivity index (χ2v) is 3.19. The van der Waals surface area contributed by atoms with Gasteiger partial charge in [-0.05, 0) is 19.1 Å². The highest BCUT2D eigenvalue weighted by atomic mass is 32.1. The number of nitrogens with one attached hydrogen (secondary N) is 1. The highest BCUT2D eigenvalue weighted by molar-refractivity contribution is 7.80. The predicted octanol–water partition coefficient (Wildman–Crippen LogP) is -0.434. The highest BCUT2D eigenvalue weighted by Crippen LogP contribution is 2.06. The molecule has 2 N–H and O–H groups in total. The first-order valence-corrected chi connectivity index (χ1v) is 4.27. The molecule has 1 saturated heterocycles. The number of hydrogen-bond acceptors (Lipinski definition) is 3. The van der Waals surface area contributed by atoms with E-state index in [0.717, 1.165) is 0 Å². The molecule has 1 rings (SSSR count). The third kappa shape index (κ3) is 2.15. The zero-order valence-corrected chi connectivity index (χ0v) is 7.93. The van der Waals surface area contributed by atoms with Crippen LogP contribution in [0.2, 0.25) is 0 Å². The summed E-state index contributed by atoms with van der Waals surface area (Å²) in [5.74, 6) is -1.10. The van der Waals surface area contributed by atoms with Crippen molar-refractivity contribution >= 4 is 29.2 Å². The topological polar surface area (TPSA) is 69.6 Å². The van der Waals surface area contributed by atoms with E-state index in [9.17, 15) is 9.59 Å². The minimum absolute atomic E-state index is 0.0831. The van der Waals surface area contributed by atoms with E-state index in [1.54, 1.807) is 6.92 Å². The average molecular weight is 202 g/mol. The summed E-state index contributed by atoms with van der Waals surface area (Å²) in [6.07, 6.45) is -0.0831. The Kier molecular flexibility index (Phi) is 2.82. The number of carboxylic acid groups (broad SMARTS) is 1. The molecule has 1 amide bonds. The number of nitrogens with zero attached hydrogens (tertiary/aromatic N) is 1. The van der Waals surface area contributed by atoms with Crippen molar-refractivity contribution in [1.82, 2.24) is 10.2 Å². The van der Waals surface area contributed by atoms with Crippen molar-refractivity contribution < 1.29 is 14.7 Å². The average Bonchev–Trinajstić information content (AvgIpc) is 2.24. The smallest absolute Gasteiger partial charge is 0.305 e. The number of rotatable bonds is 3. The van der Waals surface area contributed by atoms with E-state index in [4.69, 9.17) is 17.3 Å². The summed E-state index contributed by atoms with van der Waals surface area (Å²) in [7, 11) is 0. The molecule has 0 aliphatic carbocycles. The first-order chi connectivity index (χ1) is 6.02. The Morgan fingerprint density at radius 1 is 1.77 bits per heavy atom. The molecule has 13 heavy (non-hydrogen) atoms. The van der Waals surface area contributed by atoms with E-state index in [-0.39, 0.29) is 24.9 Å². The van der Waals surface area contributed by atoms with Gasteiger partial charge in [0, 0.05) is 6.54 Å². The molecule has 1 atom stereocenters. The maximum atomic E-state index is 11.3. The van der Waals surface area contributed by atoms with Crippen LogP contribution in [0.15, 0.2) is 0 Å². The third-order valence-electron chi connectivity index (χ3n) is 1.77. The molecule has 0 spiro atoms. The first-order valence-electron chi connectivity index (χ1n) is 3.86. The number of amides is 1. The Bertz CT molecular complexity index is 266. The van der Waals surface area contributed by atoms with Crippen molar-refractivity contribution in [2.24, 2.45) is 0 Å². The van der Waals surface area contributed by atoms with E-state index < -0.39 is 5.97 Å². The summed E-state index contributed by atoms with van der Waals surface area (Å²) in [6, 6.07) is -0.332. The molecule has 0 aromatic carbocycles. The minimum atomic E-state index is -0.935. The molecule has 1 aliphatic heterocycles. The van der Waals surface area contributed by atoms with Crippen LogP contribution in [-0.4, -0.2) is 39.6 Å². The minimum Gasteiger partial charge on any atom is -0.481 e. The number of carboxylic acids is 1. The fourth-order valence-electron chi connectivity index (χ4n) is 1.08. The van der Waals surface area contributed by atoms with Crippen LogP contribution < -0.4 is 5.32 Å². The van der Waals surface area contributed by atoms with Crippen LogP contribution >= 0.6 is 12.2 Å². The lowest BCUT2D eigenvalue weighted by Gasteiger charge is -2.12. The first kappa shape index (κ1) is 9.91. The fraction of sp³-hybridized carbons (Fsp3) is 0.571. The second-order valence-electron chi connectivity index (χ2n) is 2.80. The lowest BCUT2D eigenvalue weighted by atomic mass is 10.3. The number of thiocarbonyl (C=S) groups is 1. The SMILES string of the molecule is CC1NC(=S)N(CCC(=O)O)C1=O.